The van der Waals surface area contributed by atoms with Crippen molar-refractivity contribution in [3.63, 3.8) is 0 Å². The Balaban J connectivity index is 1.63. The van der Waals surface area contributed by atoms with E-state index in [1.165, 1.54) is 10.7 Å². The Labute approximate surface area is 156 Å². The van der Waals surface area contributed by atoms with Crippen LogP contribution in [0.4, 0.5) is 5.69 Å². The zero-order valence-corrected chi connectivity index (χ0v) is 15.0. The molecule has 2 aromatic carbocycles. The fourth-order valence-electron chi connectivity index (χ4n) is 2.51. The van der Waals surface area contributed by atoms with E-state index < -0.39 is 5.63 Å². The predicted octanol–water partition coefficient (Wildman–Crippen LogP) is 3.30. The van der Waals surface area contributed by atoms with Gasteiger partial charge in [-0.3, -0.25) is 0 Å². The van der Waals surface area contributed by atoms with Gasteiger partial charge in [-0.15, -0.1) is 5.10 Å². The first-order chi connectivity index (χ1) is 12.6. The summed E-state index contributed by atoms with van der Waals surface area (Å²) >= 11 is 3.42. The number of aromatic nitrogens is 3. The van der Waals surface area contributed by atoms with Gasteiger partial charge in [-0.2, -0.15) is 0 Å². The van der Waals surface area contributed by atoms with Crippen molar-refractivity contribution < 1.29 is 9.15 Å². The molecule has 2 N–H and O–H groups in total. The molecule has 8 heteroatoms. The van der Waals surface area contributed by atoms with Crippen molar-refractivity contribution >= 4 is 32.6 Å². The van der Waals surface area contributed by atoms with E-state index in [1.54, 1.807) is 36.5 Å². The van der Waals surface area contributed by atoms with Gasteiger partial charge >= 0.3 is 5.63 Å². The normalized spacial score (nSPS) is 11.0. The van der Waals surface area contributed by atoms with Crippen LogP contribution in [-0.4, -0.2) is 15.0 Å². The molecule has 0 fully saturated rings. The Bertz CT molecular complexity index is 1140. The third-order valence-electron chi connectivity index (χ3n) is 3.74. The van der Waals surface area contributed by atoms with Crippen LogP contribution in [0.15, 0.2) is 68.4 Å². The van der Waals surface area contributed by atoms with Crippen LogP contribution < -0.4 is 16.1 Å². The quantitative estimate of drug-likeness (QED) is 0.408. The van der Waals surface area contributed by atoms with Gasteiger partial charge in [0.1, 0.15) is 23.6 Å². The highest BCUT2D eigenvalue weighted by Crippen LogP contribution is 2.24. The fraction of sp³-hybridized carbons (Fsp3) is 0.0556. The van der Waals surface area contributed by atoms with Gasteiger partial charge in [-0.05, 0) is 42.5 Å². The molecule has 0 radical (unpaired) electrons. The number of anilines is 1. The van der Waals surface area contributed by atoms with E-state index in [9.17, 15) is 4.79 Å². The summed E-state index contributed by atoms with van der Waals surface area (Å²) in [5.41, 5.74) is 7.56. The molecule has 26 heavy (non-hydrogen) atoms. The number of ether oxygens (including phenoxy) is 1. The standard InChI is InChI=1S/C18H13BrN4O3/c19-11-1-6-17-15(7-11)16(8-18(24)26-17)23-9-13(21-22-23)10-25-14-4-2-12(20)3-5-14/h1-9H,10,20H2. The molecular formula is C18H13BrN4O3. The van der Waals surface area contributed by atoms with Gasteiger partial charge in [0.05, 0.1) is 18.0 Å². The van der Waals surface area contributed by atoms with E-state index in [0.29, 0.717) is 28.4 Å². The molecule has 0 unspecified atom stereocenters. The maximum atomic E-state index is 11.8. The van der Waals surface area contributed by atoms with Crippen molar-refractivity contribution in [2.45, 2.75) is 6.61 Å². The van der Waals surface area contributed by atoms with E-state index >= 15 is 0 Å². The lowest BCUT2D eigenvalue weighted by Crippen LogP contribution is -2.04. The molecule has 4 aromatic rings. The Kier molecular flexibility index (Phi) is 4.18. The van der Waals surface area contributed by atoms with Crippen LogP contribution in [0, 0.1) is 0 Å². The lowest BCUT2D eigenvalue weighted by atomic mass is 10.2. The molecule has 0 saturated carbocycles. The summed E-state index contributed by atoms with van der Waals surface area (Å²) in [6.07, 6.45) is 1.71. The zero-order chi connectivity index (χ0) is 18.1. The van der Waals surface area contributed by atoms with E-state index in [4.69, 9.17) is 14.9 Å². The van der Waals surface area contributed by atoms with Gasteiger partial charge < -0.3 is 14.9 Å². The third-order valence-corrected chi connectivity index (χ3v) is 4.23. The third kappa shape index (κ3) is 3.31. The second-order valence-corrected chi connectivity index (χ2v) is 6.52. The SMILES string of the molecule is Nc1ccc(OCc2cn(-c3cc(=O)oc4ccc(Br)cc34)nn2)cc1. The van der Waals surface area contributed by atoms with Gasteiger partial charge in [-0.25, -0.2) is 9.48 Å². The van der Waals surface area contributed by atoms with Gasteiger partial charge in [-0.1, -0.05) is 21.1 Å². The van der Waals surface area contributed by atoms with E-state index in [-0.39, 0.29) is 6.61 Å². The molecule has 0 bridgehead atoms. The number of hydrogen-bond donors (Lipinski definition) is 1. The van der Waals surface area contributed by atoms with Crippen molar-refractivity contribution in [1.82, 2.24) is 15.0 Å². The van der Waals surface area contributed by atoms with Crippen LogP contribution in [0.25, 0.3) is 16.7 Å². The monoisotopic (exact) mass is 412 g/mol. The Morgan fingerprint density at radius 3 is 2.77 bits per heavy atom. The highest BCUT2D eigenvalue weighted by atomic mass is 79.9. The minimum Gasteiger partial charge on any atom is -0.487 e. The lowest BCUT2D eigenvalue weighted by molar-refractivity contribution is 0.301. The molecule has 0 aliphatic carbocycles. The van der Waals surface area contributed by atoms with E-state index in [0.717, 1.165) is 9.86 Å². The molecule has 0 atom stereocenters. The van der Waals surface area contributed by atoms with Crippen LogP contribution in [-0.2, 0) is 6.61 Å². The number of fused-ring (bicyclic) bond motifs is 1. The number of halogens is 1. The maximum Gasteiger partial charge on any atom is 0.338 e. The Morgan fingerprint density at radius 2 is 1.96 bits per heavy atom. The summed E-state index contributed by atoms with van der Waals surface area (Å²) in [4.78, 5) is 11.8. The molecule has 7 nitrogen and oxygen atoms in total. The first kappa shape index (κ1) is 16.3. The molecule has 130 valence electrons. The summed E-state index contributed by atoms with van der Waals surface area (Å²) in [5.74, 6) is 0.684. The number of benzene rings is 2. The number of hydrogen-bond acceptors (Lipinski definition) is 6. The molecule has 2 heterocycles. The van der Waals surface area contributed by atoms with Gasteiger partial charge in [0.2, 0.25) is 0 Å². The second kappa shape index (κ2) is 6.64. The van der Waals surface area contributed by atoms with Crippen LogP contribution in [0.5, 0.6) is 5.75 Å². The van der Waals surface area contributed by atoms with Gasteiger partial charge in [0, 0.05) is 15.5 Å². The first-order valence-corrected chi connectivity index (χ1v) is 8.51. The largest absolute Gasteiger partial charge is 0.487 e. The van der Waals surface area contributed by atoms with Crippen molar-refractivity contribution in [2.75, 3.05) is 5.73 Å². The van der Waals surface area contributed by atoms with Crippen LogP contribution in [0.2, 0.25) is 0 Å². The number of nitrogens with zero attached hydrogens (tertiary/aromatic N) is 3. The minimum absolute atomic E-state index is 0.243. The fourth-order valence-corrected chi connectivity index (χ4v) is 2.87. The van der Waals surface area contributed by atoms with Crippen molar-refractivity contribution in [2.24, 2.45) is 0 Å². The number of nitrogen functional groups attached to an aromatic ring is 1. The second-order valence-electron chi connectivity index (χ2n) is 5.60. The van der Waals surface area contributed by atoms with E-state index in [2.05, 4.69) is 26.2 Å². The Morgan fingerprint density at radius 1 is 1.15 bits per heavy atom. The van der Waals surface area contributed by atoms with Crippen LogP contribution in [0.3, 0.4) is 0 Å². The topological polar surface area (TPSA) is 96.2 Å². The average molecular weight is 413 g/mol. The number of nitrogens with two attached hydrogens (primary N) is 1. The highest BCUT2D eigenvalue weighted by molar-refractivity contribution is 9.10. The summed E-state index contributed by atoms with van der Waals surface area (Å²) in [5, 5.41) is 8.95. The summed E-state index contributed by atoms with van der Waals surface area (Å²) in [6.45, 7) is 0.243. The van der Waals surface area contributed by atoms with Crippen molar-refractivity contribution in [1.29, 1.82) is 0 Å². The first-order valence-electron chi connectivity index (χ1n) is 7.72. The zero-order valence-electron chi connectivity index (χ0n) is 13.4. The highest BCUT2D eigenvalue weighted by Gasteiger charge is 2.11. The van der Waals surface area contributed by atoms with Crippen molar-refractivity contribution in [3.05, 3.63) is 75.3 Å². The van der Waals surface area contributed by atoms with Crippen molar-refractivity contribution in [3.8, 4) is 11.4 Å². The molecule has 0 amide bonds. The molecule has 4 rings (SSSR count). The molecule has 0 aliphatic rings. The average Bonchev–Trinajstić information content (AvgIpc) is 3.10. The van der Waals surface area contributed by atoms with Gasteiger partial charge in [0.25, 0.3) is 0 Å². The summed E-state index contributed by atoms with van der Waals surface area (Å²) in [7, 11) is 0. The Hall–Kier alpha value is -3.13. The smallest absolute Gasteiger partial charge is 0.338 e. The molecule has 0 spiro atoms. The minimum atomic E-state index is -0.454. The molecule has 2 aromatic heterocycles. The lowest BCUT2D eigenvalue weighted by Gasteiger charge is -2.05. The summed E-state index contributed by atoms with van der Waals surface area (Å²) < 4.78 is 13.3. The maximum absolute atomic E-state index is 11.8. The molecule has 0 saturated heterocycles. The molecule has 0 aliphatic heterocycles. The molecular weight excluding hydrogens is 400 g/mol. The van der Waals surface area contributed by atoms with Crippen LogP contribution in [0.1, 0.15) is 5.69 Å². The summed E-state index contributed by atoms with van der Waals surface area (Å²) in [6, 6.07) is 13.9. The van der Waals surface area contributed by atoms with E-state index in [1.807, 2.05) is 12.1 Å². The van der Waals surface area contributed by atoms with Gasteiger partial charge in [0.15, 0.2) is 0 Å². The van der Waals surface area contributed by atoms with Crippen LogP contribution >= 0.6 is 15.9 Å². The predicted molar refractivity (Wildman–Crippen MR) is 100 cm³/mol. The number of rotatable bonds is 4.